The Kier molecular flexibility index (Phi) is 5.64. The molecule has 6 rings (SSSR count). The van der Waals surface area contributed by atoms with Crippen molar-refractivity contribution < 1.29 is 13.6 Å². The molecule has 0 saturated heterocycles. The molecule has 188 valence electrons. The second-order valence-corrected chi connectivity index (χ2v) is 9.18. The molecule has 0 atom stereocenters. The van der Waals surface area contributed by atoms with E-state index in [2.05, 4.69) is 30.5 Å². The Hall–Kier alpha value is -4.99. The molecule has 0 spiro atoms. The number of benzene rings is 2. The van der Waals surface area contributed by atoms with Gasteiger partial charge < -0.3 is 10.3 Å². The fourth-order valence-corrected chi connectivity index (χ4v) is 4.28. The van der Waals surface area contributed by atoms with Gasteiger partial charge in [-0.25, -0.2) is 13.8 Å². The number of nitrogens with one attached hydrogen (secondary N) is 3. The highest BCUT2D eigenvalue weighted by molar-refractivity contribution is 5.98. The summed E-state index contributed by atoms with van der Waals surface area (Å²) in [6, 6.07) is 13.4. The van der Waals surface area contributed by atoms with Crippen molar-refractivity contribution in [2.24, 2.45) is 5.92 Å². The summed E-state index contributed by atoms with van der Waals surface area (Å²) in [6.07, 6.45) is 4.48. The van der Waals surface area contributed by atoms with Crippen LogP contribution in [0.15, 0.2) is 67.1 Å². The van der Waals surface area contributed by atoms with Crippen LogP contribution in [0.4, 0.5) is 14.5 Å². The maximum atomic E-state index is 16.0. The second-order valence-electron chi connectivity index (χ2n) is 9.18. The minimum absolute atomic E-state index is 0.0661. The molecule has 38 heavy (non-hydrogen) atoms. The minimum atomic E-state index is -0.598. The number of para-hydroxylation sites is 1. The molecule has 0 aliphatic rings. The number of amides is 1. The van der Waals surface area contributed by atoms with E-state index in [1.807, 2.05) is 18.2 Å². The van der Waals surface area contributed by atoms with E-state index in [4.69, 9.17) is 4.98 Å². The smallest absolute Gasteiger partial charge is 0.226 e. The molecule has 4 heterocycles. The van der Waals surface area contributed by atoms with Gasteiger partial charge in [-0.3, -0.25) is 19.9 Å². The van der Waals surface area contributed by atoms with Gasteiger partial charge >= 0.3 is 0 Å². The van der Waals surface area contributed by atoms with Crippen molar-refractivity contribution in [3.05, 3.63) is 78.8 Å². The van der Waals surface area contributed by atoms with Gasteiger partial charge in [-0.1, -0.05) is 38.1 Å². The van der Waals surface area contributed by atoms with Crippen molar-refractivity contribution in [3.63, 3.8) is 0 Å². The molecule has 0 saturated carbocycles. The lowest BCUT2D eigenvalue weighted by Crippen LogP contribution is -2.17. The first-order valence-corrected chi connectivity index (χ1v) is 11.9. The standard InChI is InChI=1S/C28H21F2N7O/c1-14(2)28(38)33-18-10-16(11-31-12-18)24-23(30)22-21(13-32-24)36-37-26(22)27-34-20-5-3-4-19(25(20)35-27)15-6-8-17(29)9-7-15/h3-14H,1-2H3,(H,33,38)(H,34,35)(H,36,37). The highest BCUT2D eigenvalue weighted by Crippen LogP contribution is 2.34. The average molecular weight is 510 g/mol. The third kappa shape index (κ3) is 4.05. The van der Waals surface area contributed by atoms with Crippen molar-refractivity contribution in [3.8, 4) is 33.9 Å². The van der Waals surface area contributed by atoms with Gasteiger partial charge in [0, 0.05) is 23.2 Å². The average Bonchev–Trinajstić information content (AvgIpc) is 3.54. The molecule has 4 aromatic heterocycles. The molecule has 6 aromatic rings. The zero-order valence-corrected chi connectivity index (χ0v) is 20.4. The first-order chi connectivity index (χ1) is 18.4. The summed E-state index contributed by atoms with van der Waals surface area (Å²) < 4.78 is 29.4. The molecule has 0 aliphatic heterocycles. The zero-order valence-electron chi connectivity index (χ0n) is 20.4. The third-order valence-corrected chi connectivity index (χ3v) is 6.24. The number of hydrogen-bond donors (Lipinski definition) is 3. The number of pyridine rings is 2. The summed E-state index contributed by atoms with van der Waals surface area (Å²) in [7, 11) is 0. The number of carbonyl (C=O) groups is 1. The Morgan fingerprint density at radius 3 is 2.55 bits per heavy atom. The predicted molar refractivity (Wildman–Crippen MR) is 141 cm³/mol. The van der Waals surface area contributed by atoms with E-state index in [0.717, 1.165) is 16.6 Å². The quantitative estimate of drug-likeness (QED) is 0.260. The van der Waals surface area contributed by atoms with E-state index in [9.17, 15) is 9.18 Å². The maximum Gasteiger partial charge on any atom is 0.226 e. The van der Waals surface area contributed by atoms with E-state index in [1.165, 1.54) is 30.7 Å². The fraction of sp³-hybridized carbons (Fsp3) is 0.107. The Morgan fingerprint density at radius 1 is 0.947 bits per heavy atom. The molecule has 0 bridgehead atoms. The number of aromatic nitrogens is 6. The summed E-state index contributed by atoms with van der Waals surface area (Å²) in [5, 5.41) is 10.1. The van der Waals surface area contributed by atoms with Crippen LogP contribution >= 0.6 is 0 Å². The van der Waals surface area contributed by atoms with Gasteiger partial charge in [0.25, 0.3) is 0 Å². The van der Waals surface area contributed by atoms with Crippen LogP contribution in [0.2, 0.25) is 0 Å². The van der Waals surface area contributed by atoms with Crippen molar-refractivity contribution in [2.75, 3.05) is 5.32 Å². The van der Waals surface area contributed by atoms with Crippen LogP contribution in [0.3, 0.4) is 0 Å². The monoisotopic (exact) mass is 509 g/mol. The van der Waals surface area contributed by atoms with Gasteiger partial charge in [0.1, 0.15) is 17.2 Å². The molecule has 10 heteroatoms. The van der Waals surface area contributed by atoms with Crippen LogP contribution in [-0.2, 0) is 4.79 Å². The summed E-state index contributed by atoms with van der Waals surface area (Å²) in [4.78, 5) is 28.5. The number of halogens is 2. The van der Waals surface area contributed by atoms with Gasteiger partial charge in [0.2, 0.25) is 5.91 Å². The van der Waals surface area contributed by atoms with Gasteiger partial charge in [-0.05, 0) is 29.8 Å². The van der Waals surface area contributed by atoms with Crippen LogP contribution in [0.25, 0.3) is 55.8 Å². The molecule has 3 N–H and O–H groups in total. The number of imidazole rings is 1. The van der Waals surface area contributed by atoms with Gasteiger partial charge in [-0.2, -0.15) is 5.10 Å². The number of nitrogens with zero attached hydrogens (tertiary/aromatic N) is 4. The fourth-order valence-electron chi connectivity index (χ4n) is 4.28. The molecule has 0 fully saturated rings. The summed E-state index contributed by atoms with van der Waals surface area (Å²) in [6.45, 7) is 3.56. The molecule has 0 aliphatic carbocycles. The third-order valence-electron chi connectivity index (χ3n) is 6.24. The topological polar surface area (TPSA) is 112 Å². The lowest BCUT2D eigenvalue weighted by Gasteiger charge is -2.09. The van der Waals surface area contributed by atoms with Crippen molar-refractivity contribution in [2.45, 2.75) is 13.8 Å². The van der Waals surface area contributed by atoms with Crippen LogP contribution in [0, 0.1) is 17.6 Å². The van der Waals surface area contributed by atoms with E-state index in [0.29, 0.717) is 33.8 Å². The highest BCUT2D eigenvalue weighted by Gasteiger charge is 2.21. The number of carbonyl (C=O) groups excluding carboxylic acids is 1. The van der Waals surface area contributed by atoms with E-state index in [-0.39, 0.29) is 28.7 Å². The lowest BCUT2D eigenvalue weighted by molar-refractivity contribution is -0.118. The Bertz CT molecular complexity index is 1820. The molecule has 0 unspecified atom stereocenters. The molecular formula is C28H21F2N7O. The van der Waals surface area contributed by atoms with E-state index in [1.54, 1.807) is 32.0 Å². The molecular weight excluding hydrogens is 488 g/mol. The predicted octanol–water partition coefficient (Wildman–Crippen LogP) is 6.10. The van der Waals surface area contributed by atoms with Crippen LogP contribution < -0.4 is 5.32 Å². The van der Waals surface area contributed by atoms with Gasteiger partial charge in [0.05, 0.1) is 40.0 Å². The normalized spacial score (nSPS) is 11.5. The second kappa shape index (κ2) is 9.15. The van der Waals surface area contributed by atoms with Crippen LogP contribution in [0.5, 0.6) is 0 Å². The van der Waals surface area contributed by atoms with Crippen LogP contribution in [-0.4, -0.2) is 36.0 Å². The molecule has 0 radical (unpaired) electrons. The molecule has 1 amide bonds. The van der Waals surface area contributed by atoms with Gasteiger partial charge in [0.15, 0.2) is 11.6 Å². The van der Waals surface area contributed by atoms with E-state index >= 15 is 4.39 Å². The first-order valence-electron chi connectivity index (χ1n) is 11.9. The number of hydrogen-bond acceptors (Lipinski definition) is 5. The Balaban J connectivity index is 1.45. The largest absolute Gasteiger partial charge is 0.337 e. The zero-order chi connectivity index (χ0) is 26.4. The van der Waals surface area contributed by atoms with Crippen molar-refractivity contribution in [1.29, 1.82) is 0 Å². The first kappa shape index (κ1) is 23.4. The number of rotatable bonds is 5. The number of H-pyrrole nitrogens is 2. The molecule has 8 nitrogen and oxygen atoms in total. The van der Waals surface area contributed by atoms with Crippen molar-refractivity contribution in [1.82, 2.24) is 30.1 Å². The Labute approximate surface area is 215 Å². The number of aromatic amines is 2. The number of anilines is 1. The molecule has 2 aromatic carbocycles. The van der Waals surface area contributed by atoms with Crippen molar-refractivity contribution >= 4 is 33.5 Å². The minimum Gasteiger partial charge on any atom is -0.337 e. The van der Waals surface area contributed by atoms with E-state index < -0.39 is 5.82 Å². The number of fused-ring (bicyclic) bond motifs is 2. The van der Waals surface area contributed by atoms with Crippen LogP contribution in [0.1, 0.15) is 13.8 Å². The highest BCUT2D eigenvalue weighted by atomic mass is 19.1. The van der Waals surface area contributed by atoms with Gasteiger partial charge in [-0.15, -0.1) is 0 Å². The SMILES string of the molecule is CC(C)C(=O)Nc1cncc(-c2ncc3[nH]nc(-c4nc5c(-c6ccc(F)cc6)cccc5[nH]4)c3c2F)c1. The summed E-state index contributed by atoms with van der Waals surface area (Å²) in [5.41, 5.74) is 4.59. The Morgan fingerprint density at radius 2 is 1.76 bits per heavy atom. The summed E-state index contributed by atoms with van der Waals surface area (Å²) >= 11 is 0. The summed E-state index contributed by atoms with van der Waals surface area (Å²) in [5.74, 6) is -0.942. The maximum absolute atomic E-state index is 16.0. The lowest BCUT2D eigenvalue weighted by atomic mass is 10.0.